The summed E-state index contributed by atoms with van der Waals surface area (Å²) < 4.78 is 7.82. The molecule has 0 aliphatic heterocycles. The number of ether oxygens (including phenoxy) is 1. The van der Waals surface area contributed by atoms with E-state index in [1.165, 1.54) is 12.8 Å². The molecule has 0 bridgehead atoms. The Labute approximate surface area is 126 Å². The first kappa shape index (κ1) is 14.1. The first-order valence-electron chi connectivity index (χ1n) is 7.64. The molecule has 1 aliphatic carbocycles. The third kappa shape index (κ3) is 4.08. The van der Waals surface area contributed by atoms with Crippen molar-refractivity contribution in [3.63, 3.8) is 0 Å². The standard InChI is InChI=1S/C17H23N3O/c1-15(12-21-16-6-3-2-4-7-16)18-13-17(8-9-17)14-20-11-5-10-19-20/h2-7,10-11,15,18H,8-9,12-14H2,1H3/t15-/m1/s1. The van der Waals surface area contributed by atoms with Gasteiger partial charge in [0.25, 0.3) is 0 Å². The molecule has 0 amide bonds. The van der Waals surface area contributed by atoms with Crippen molar-refractivity contribution in [1.29, 1.82) is 0 Å². The van der Waals surface area contributed by atoms with Crippen molar-refractivity contribution in [2.75, 3.05) is 13.2 Å². The van der Waals surface area contributed by atoms with Gasteiger partial charge in [0.05, 0.1) is 0 Å². The fraction of sp³-hybridized carbons (Fsp3) is 0.471. The lowest BCUT2D eigenvalue weighted by Crippen LogP contribution is -2.37. The predicted octanol–water partition coefficient (Wildman–Crippen LogP) is 2.72. The molecule has 1 aromatic carbocycles. The highest BCUT2D eigenvalue weighted by atomic mass is 16.5. The van der Waals surface area contributed by atoms with Crippen molar-refractivity contribution in [3.05, 3.63) is 48.8 Å². The minimum atomic E-state index is 0.348. The fourth-order valence-electron chi connectivity index (χ4n) is 2.49. The molecule has 1 aliphatic rings. The molecule has 1 saturated carbocycles. The number of aromatic nitrogens is 2. The zero-order valence-electron chi connectivity index (χ0n) is 12.5. The van der Waals surface area contributed by atoms with Gasteiger partial charge >= 0.3 is 0 Å². The van der Waals surface area contributed by atoms with Gasteiger partial charge in [-0.1, -0.05) is 18.2 Å². The van der Waals surface area contributed by atoms with E-state index in [0.29, 0.717) is 18.1 Å². The molecule has 1 atom stereocenters. The Morgan fingerprint density at radius 1 is 1.29 bits per heavy atom. The molecule has 1 N–H and O–H groups in total. The van der Waals surface area contributed by atoms with E-state index in [-0.39, 0.29) is 0 Å². The van der Waals surface area contributed by atoms with Crippen molar-refractivity contribution in [3.8, 4) is 5.75 Å². The van der Waals surface area contributed by atoms with Crippen LogP contribution in [0, 0.1) is 5.41 Å². The van der Waals surface area contributed by atoms with Crippen LogP contribution >= 0.6 is 0 Å². The van der Waals surface area contributed by atoms with Crippen LogP contribution < -0.4 is 10.1 Å². The smallest absolute Gasteiger partial charge is 0.119 e. The average molecular weight is 285 g/mol. The molecule has 2 aromatic rings. The number of hydrogen-bond acceptors (Lipinski definition) is 3. The van der Waals surface area contributed by atoms with Gasteiger partial charge in [0.2, 0.25) is 0 Å². The van der Waals surface area contributed by atoms with E-state index in [1.807, 2.05) is 53.5 Å². The molecular weight excluding hydrogens is 262 g/mol. The molecule has 1 heterocycles. The molecule has 4 nitrogen and oxygen atoms in total. The molecule has 3 rings (SSSR count). The summed E-state index contributed by atoms with van der Waals surface area (Å²) in [5, 5.41) is 7.91. The van der Waals surface area contributed by atoms with Gasteiger partial charge in [0.15, 0.2) is 0 Å². The maximum absolute atomic E-state index is 5.78. The van der Waals surface area contributed by atoms with Crippen LogP contribution in [0.4, 0.5) is 0 Å². The van der Waals surface area contributed by atoms with Gasteiger partial charge in [-0.15, -0.1) is 0 Å². The van der Waals surface area contributed by atoms with Gasteiger partial charge in [0.1, 0.15) is 12.4 Å². The topological polar surface area (TPSA) is 39.1 Å². The van der Waals surface area contributed by atoms with Crippen LogP contribution in [0.15, 0.2) is 48.8 Å². The summed E-state index contributed by atoms with van der Waals surface area (Å²) in [7, 11) is 0. The summed E-state index contributed by atoms with van der Waals surface area (Å²) in [6.07, 6.45) is 6.46. The third-order valence-electron chi connectivity index (χ3n) is 4.08. The minimum absolute atomic E-state index is 0.348. The van der Waals surface area contributed by atoms with E-state index >= 15 is 0 Å². The van der Waals surface area contributed by atoms with Crippen LogP contribution in [0.1, 0.15) is 19.8 Å². The Morgan fingerprint density at radius 2 is 2.10 bits per heavy atom. The van der Waals surface area contributed by atoms with E-state index in [0.717, 1.165) is 18.8 Å². The molecule has 112 valence electrons. The van der Waals surface area contributed by atoms with Gasteiger partial charge in [-0.3, -0.25) is 4.68 Å². The molecule has 0 spiro atoms. The molecular formula is C17H23N3O. The van der Waals surface area contributed by atoms with Crippen molar-refractivity contribution < 1.29 is 4.74 Å². The van der Waals surface area contributed by atoms with Crippen LogP contribution in [0.25, 0.3) is 0 Å². The lowest BCUT2D eigenvalue weighted by molar-refractivity contribution is 0.258. The highest BCUT2D eigenvalue weighted by Gasteiger charge is 2.42. The van der Waals surface area contributed by atoms with Gasteiger partial charge in [-0.25, -0.2) is 0 Å². The quantitative estimate of drug-likeness (QED) is 0.810. The van der Waals surface area contributed by atoms with Crippen LogP contribution in [0.2, 0.25) is 0 Å². The highest BCUT2D eigenvalue weighted by Crippen LogP contribution is 2.46. The predicted molar refractivity (Wildman–Crippen MR) is 83.3 cm³/mol. The Balaban J connectivity index is 1.40. The van der Waals surface area contributed by atoms with E-state index in [9.17, 15) is 0 Å². The van der Waals surface area contributed by atoms with Gasteiger partial charge in [-0.2, -0.15) is 5.10 Å². The average Bonchev–Trinajstić information content (AvgIpc) is 3.08. The highest BCUT2D eigenvalue weighted by molar-refractivity contribution is 5.20. The number of rotatable bonds is 8. The second kappa shape index (κ2) is 6.31. The second-order valence-electron chi connectivity index (χ2n) is 6.11. The summed E-state index contributed by atoms with van der Waals surface area (Å²) >= 11 is 0. The number of para-hydroxylation sites is 1. The second-order valence-corrected chi connectivity index (χ2v) is 6.11. The lowest BCUT2D eigenvalue weighted by atomic mass is 10.1. The monoisotopic (exact) mass is 285 g/mol. The molecule has 4 heteroatoms. The molecule has 0 saturated heterocycles. The largest absolute Gasteiger partial charge is 0.492 e. The Kier molecular flexibility index (Phi) is 4.25. The summed E-state index contributed by atoms with van der Waals surface area (Å²) in [4.78, 5) is 0. The van der Waals surface area contributed by atoms with Gasteiger partial charge in [-0.05, 0) is 38.0 Å². The van der Waals surface area contributed by atoms with E-state index in [2.05, 4.69) is 17.3 Å². The number of benzene rings is 1. The Morgan fingerprint density at radius 3 is 2.76 bits per heavy atom. The minimum Gasteiger partial charge on any atom is -0.492 e. The SMILES string of the molecule is C[C@H](COc1ccccc1)NCC1(Cn2cccn2)CC1. The fourth-order valence-corrected chi connectivity index (χ4v) is 2.49. The first-order valence-corrected chi connectivity index (χ1v) is 7.64. The maximum Gasteiger partial charge on any atom is 0.119 e. The summed E-state index contributed by atoms with van der Waals surface area (Å²) in [6.45, 7) is 4.92. The number of hydrogen-bond donors (Lipinski definition) is 1. The number of nitrogens with zero attached hydrogens (tertiary/aromatic N) is 2. The normalized spacial score (nSPS) is 17.4. The zero-order valence-corrected chi connectivity index (χ0v) is 12.5. The zero-order chi connectivity index (χ0) is 14.5. The Bertz CT molecular complexity index is 534. The lowest BCUT2D eigenvalue weighted by Gasteiger charge is -2.20. The van der Waals surface area contributed by atoms with Crippen molar-refractivity contribution >= 4 is 0 Å². The van der Waals surface area contributed by atoms with Crippen LogP contribution in [-0.2, 0) is 6.54 Å². The van der Waals surface area contributed by atoms with Gasteiger partial charge < -0.3 is 10.1 Å². The molecule has 1 fully saturated rings. The van der Waals surface area contributed by atoms with Crippen molar-refractivity contribution in [1.82, 2.24) is 15.1 Å². The summed E-state index contributed by atoms with van der Waals surface area (Å²) in [5.74, 6) is 0.934. The molecule has 0 radical (unpaired) electrons. The van der Waals surface area contributed by atoms with E-state index in [4.69, 9.17) is 4.74 Å². The first-order chi connectivity index (χ1) is 10.3. The summed E-state index contributed by atoms with van der Waals surface area (Å²) in [6, 6.07) is 12.3. The van der Waals surface area contributed by atoms with Crippen molar-refractivity contribution in [2.24, 2.45) is 5.41 Å². The van der Waals surface area contributed by atoms with Crippen LogP contribution in [0.3, 0.4) is 0 Å². The van der Waals surface area contributed by atoms with Crippen LogP contribution in [0.5, 0.6) is 5.75 Å². The Hall–Kier alpha value is -1.81. The third-order valence-corrected chi connectivity index (χ3v) is 4.08. The van der Waals surface area contributed by atoms with Crippen molar-refractivity contribution in [2.45, 2.75) is 32.4 Å². The van der Waals surface area contributed by atoms with E-state index < -0.39 is 0 Å². The number of nitrogens with one attached hydrogen (secondary N) is 1. The maximum atomic E-state index is 5.78. The van der Waals surface area contributed by atoms with E-state index in [1.54, 1.807) is 0 Å². The van der Waals surface area contributed by atoms with Crippen LogP contribution in [-0.4, -0.2) is 29.0 Å². The summed E-state index contributed by atoms with van der Waals surface area (Å²) in [5.41, 5.74) is 0.396. The molecule has 21 heavy (non-hydrogen) atoms. The molecule has 1 aromatic heterocycles. The van der Waals surface area contributed by atoms with Gasteiger partial charge in [0, 0.05) is 36.9 Å². The molecule has 0 unspecified atom stereocenters.